The van der Waals surface area contributed by atoms with Gasteiger partial charge in [-0.3, -0.25) is 4.79 Å². The molecule has 0 aliphatic heterocycles. The largest absolute Gasteiger partial charge is 0.479 e. The number of carboxylic acids is 1. The lowest BCUT2D eigenvalue weighted by molar-refractivity contribution is -0.147. The van der Waals surface area contributed by atoms with Crippen molar-refractivity contribution in [1.82, 2.24) is 0 Å². The van der Waals surface area contributed by atoms with Crippen LogP contribution in [0.4, 0.5) is 0 Å². The highest BCUT2D eigenvalue weighted by molar-refractivity contribution is 9.08. The molecular formula is C12H12BrClO4. The minimum absolute atomic E-state index is 0.176. The number of carbonyl (C=O) groups is 2. The maximum Gasteiger partial charge on any atom is 0.337 e. The molecule has 1 atom stereocenters. The second-order valence-corrected chi connectivity index (χ2v) is 4.59. The molecule has 1 aromatic rings. The Morgan fingerprint density at radius 1 is 1.39 bits per heavy atom. The van der Waals surface area contributed by atoms with Crippen molar-refractivity contribution in [2.75, 3.05) is 5.88 Å². The Balaban J connectivity index is 3.17. The van der Waals surface area contributed by atoms with Crippen molar-refractivity contribution in [3.05, 3.63) is 34.9 Å². The molecule has 0 amide bonds. The summed E-state index contributed by atoms with van der Waals surface area (Å²) in [7, 11) is 0. The number of aliphatic hydroxyl groups excluding tert-OH is 1. The number of rotatable bonds is 6. The van der Waals surface area contributed by atoms with E-state index in [9.17, 15) is 14.7 Å². The van der Waals surface area contributed by atoms with Crippen LogP contribution in [0.15, 0.2) is 18.2 Å². The van der Waals surface area contributed by atoms with Crippen molar-refractivity contribution in [2.45, 2.75) is 17.9 Å². The van der Waals surface area contributed by atoms with Crippen LogP contribution in [0, 0.1) is 0 Å². The van der Waals surface area contributed by atoms with Crippen LogP contribution in [0.3, 0.4) is 0 Å². The maximum absolute atomic E-state index is 11.7. The van der Waals surface area contributed by atoms with Crippen molar-refractivity contribution >= 4 is 39.3 Å². The number of ketones is 1. The zero-order chi connectivity index (χ0) is 13.7. The summed E-state index contributed by atoms with van der Waals surface area (Å²) in [6.45, 7) is 0. The van der Waals surface area contributed by atoms with Gasteiger partial charge in [0.05, 0.1) is 0 Å². The summed E-state index contributed by atoms with van der Waals surface area (Å²) in [4.78, 5) is 22.5. The quantitative estimate of drug-likeness (QED) is 0.619. The molecule has 98 valence electrons. The Morgan fingerprint density at radius 2 is 2.06 bits per heavy atom. The maximum atomic E-state index is 11.7. The van der Waals surface area contributed by atoms with E-state index < -0.39 is 12.1 Å². The second kappa shape index (κ2) is 6.87. The van der Waals surface area contributed by atoms with E-state index in [4.69, 9.17) is 16.7 Å². The number of aliphatic hydroxyl groups is 1. The fraction of sp³-hybridized carbons (Fsp3) is 0.333. The number of carboxylic acid groups (broad SMARTS) is 1. The number of hydrogen-bond donors (Lipinski definition) is 2. The van der Waals surface area contributed by atoms with E-state index in [1.165, 1.54) is 6.07 Å². The zero-order valence-corrected chi connectivity index (χ0v) is 11.7. The molecule has 0 aliphatic carbocycles. The summed E-state index contributed by atoms with van der Waals surface area (Å²) in [5, 5.41) is 18.8. The van der Waals surface area contributed by atoms with Gasteiger partial charge in [0.25, 0.3) is 0 Å². The van der Waals surface area contributed by atoms with Crippen LogP contribution in [0.1, 0.15) is 34.0 Å². The van der Waals surface area contributed by atoms with E-state index >= 15 is 0 Å². The third kappa shape index (κ3) is 3.54. The standard InChI is InChI=1S/C12H12BrClO4/c13-6-8-2-1-7(10(15)3-4-14)5-9(8)11(16)12(17)18/h1-2,5,11,16H,3-4,6H2,(H,17,18). The Bertz CT molecular complexity index is 461. The summed E-state index contributed by atoms with van der Waals surface area (Å²) < 4.78 is 0. The van der Waals surface area contributed by atoms with E-state index in [1.54, 1.807) is 12.1 Å². The summed E-state index contributed by atoms with van der Waals surface area (Å²) in [5.74, 6) is -1.32. The number of Topliss-reactive ketones (excluding diaryl/α,β-unsaturated/α-hetero) is 1. The summed E-state index contributed by atoms with van der Waals surface area (Å²) in [5.41, 5.74) is 1.21. The fourth-order valence-electron chi connectivity index (χ4n) is 1.51. The normalized spacial score (nSPS) is 12.2. The molecule has 18 heavy (non-hydrogen) atoms. The monoisotopic (exact) mass is 334 g/mol. The first-order valence-corrected chi connectivity index (χ1v) is 6.85. The molecule has 4 nitrogen and oxygen atoms in total. The lowest BCUT2D eigenvalue weighted by atomic mass is 9.98. The molecule has 0 saturated heterocycles. The first kappa shape index (κ1) is 15.1. The number of alkyl halides is 2. The lowest BCUT2D eigenvalue weighted by Crippen LogP contribution is -2.13. The van der Waals surface area contributed by atoms with Gasteiger partial charge in [0.15, 0.2) is 11.9 Å². The average Bonchev–Trinajstić information content (AvgIpc) is 2.37. The third-order valence-corrected chi connectivity index (χ3v) is 3.25. The van der Waals surface area contributed by atoms with Crippen LogP contribution in [-0.4, -0.2) is 27.8 Å². The number of aliphatic carboxylic acids is 1. The van der Waals surface area contributed by atoms with E-state index in [-0.39, 0.29) is 23.6 Å². The second-order valence-electron chi connectivity index (χ2n) is 3.65. The smallest absolute Gasteiger partial charge is 0.337 e. The fourth-order valence-corrected chi connectivity index (χ4v) is 2.19. The van der Waals surface area contributed by atoms with Crippen LogP contribution >= 0.6 is 27.5 Å². The van der Waals surface area contributed by atoms with Crippen LogP contribution in [0.25, 0.3) is 0 Å². The van der Waals surface area contributed by atoms with Crippen molar-refractivity contribution in [3.8, 4) is 0 Å². The molecule has 1 aromatic carbocycles. The van der Waals surface area contributed by atoms with Gasteiger partial charge in [-0.15, -0.1) is 11.6 Å². The van der Waals surface area contributed by atoms with Gasteiger partial charge in [0, 0.05) is 23.2 Å². The predicted molar refractivity (Wildman–Crippen MR) is 71.3 cm³/mol. The van der Waals surface area contributed by atoms with Crippen LogP contribution in [0.5, 0.6) is 0 Å². The van der Waals surface area contributed by atoms with Crippen molar-refractivity contribution in [3.63, 3.8) is 0 Å². The summed E-state index contributed by atoms with van der Waals surface area (Å²) >= 11 is 8.69. The highest BCUT2D eigenvalue weighted by atomic mass is 79.9. The Kier molecular flexibility index (Phi) is 5.78. The molecule has 0 aliphatic rings. The van der Waals surface area contributed by atoms with Crippen LogP contribution in [0.2, 0.25) is 0 Å². The summed E-state index contributed by atoms with van der Waals surface area (Å²) in [6, 6.07) is 4.63. The molecule has 0 bridgehead atoms. The highest BCUT2D eigenvalue weighted by Crippen LogP contribution is 2.23. The van der Waals surface area contributed by atoms with Gasteiger partial charge in [-0.1, -0.05) is 28.1 Å². The molecule has 0 spiro atoms. The van der Waals surface area contributed by atoms with E-state index in [2.05, 4.69) is 15.9 Å². The predicted octanol–water partition coefficient (Wildman–Crippen LogP) is 2.51. The van der Waals surface area contributed by atoms with Gasteiger partial charge >= 0.3 is 5.97 Å². The van der Waals surface area contributed by atoms with Crippen LogP contribution < -0.4 is 0 Å². The van der Waals surface area contributed by atoms with Gasteiger partial charge in [-0.25, -0.2) is 4.79 Å². The molecule has 6 heteroatoms. The molecule has 0 radical (unpaired) electrons. The lowest BCUT2D eigenvalue weighted by Gasteiger charge is -2.12. The molecule has 2 N–H and O–H groups in total. The third-order valence-electron chi connectivity index (χ3n) is 2.46. The topological polar surface area (TPSA) is 74.6 Å². The number of halogens is 2. The van der Waals surface area contributed by atoms with Crippen molar-refractivity contribution in [2.24, 2.45) is 0 Å². The van der Waals surface area contributed by atoms with Gasteiger partial charge in [-0.05, 0) is 17.2 Å². The van der Waals surface area contributed by atoms with E-state index in [1.807, 2.05) is 0 Å². The first-order valence-electron chi connectivity index (χ1n) is 5.20. The number of hydrogen-bond acceptors (Lipinski definition) is 3. The number of benzene rings is 1. The van der Waals surface area contributed by atoms with Crippen molar-refractivity contribution in [1.29, 1.82) is 0 Å². The SMILES string of the molecule is O=C(CCCl)c1ccc(CBr)c(C(O)C(=O)O)c1. The Morgan fingerprint density at radius 3 is 2.56 bits per heavy atom. The number of carbonyl (C=O) groups excluding carboxylic acids is 1. The molecule has 1 rings (SSSR count). The van der Waals surface area contributed by atoms with Gasteiger partial charge < -0.3 is 10.2 Å². The molecule has 0 saturated carbocycles. The highest BCUT2D eigenvalue weighted by Gasteiger charge is 2.20. The Hall–Kier alpha value is -0.910. The molecule has 0 heterocycles. The van der Waals surface area contributed by atoms with Crippen molar-refractivity contribution < 1.29 is 19.8 Å². The van der Waals surface area contributed by atoms with Gasteiger partial charge in [0.2, 0.25) is 0 Å². The molecule has 0 fully saturated rings. The van der Waals surface area contributed by atoms with E-state index in [0.717, 1.165) is 0 Å². The molecule has 1 unspecified atom stereocenters. The van der Waals surface area contributed by atoms with E-state index in [0.29, 0.717) is 16.5 Å². The first-order chi connectivity index (χ1) is 8.51. The zero-order valence-electron chi connectivity index (χ0n) is 9.40. The molecular weight excluding hydrogens is 323 g/mol. The average molecular weight is 336 g/mol. The Labute approximate surface area is 118 Å². The minimum atomic E-state index is -1.64. The summed E-state index contributed by atoms with van der Waals surface area (Å²) in [6.07, 6.45) is -1.46. The minimum Gasteiger partial charge on any atom is -0.479 e. The molecule has 0 aromatic heterocycles. The van der Waals surface area contributed by atoms with Gasteiger partial charge in [0.1, 0.15) is 0 Å². The van der Waals surface area contributed by atoms with Gasteiger partial charge in [-0.2, -0.15) is 0 Å². The van der Waals surface area contributed by atoms with Crippen LogP contribution in [-0.2, 0) is 10.1 Å².